The van der Waals surface area contributed by atoms with E-state index in [1.54, 1.807) is 0 Å². The van der Waals surface area contributed by atoms with Crippen LogP contribution < -0.4 is 0 Å². The minimum Gasteiger partial charge on any atom is -0.277 e. The molecule has 0 N–H and O–H groups in total. The molecule has 49 heavy (non-hydrogen) atoms. The third-order valence-electron chi connectivity index (χ3n) is 9.61. The first kappa shape index (κ1) is 27.5. The van der Waals surface area contributed by atoms with E-state index >= 15 is 0 Å². The van der Waals surface area contributed by atoms with Crippen molar-refractivity contribution in [2.75, 3.05) is 0 Å². The number of fused-ring (bicyclic) bond motifs is 10. The maximum Gasteiger partial charge on any atom is 0.238 e. The first-order valence-electron chi connectivity index (χ1n) is 16.5. The summed E-state index contributed by atoms with van der Waals surface area (Å²) in [6.07, 6.45) is 0. The molecule has 4 nitrogen and oxygen atoms in total. The fourth-order valence-corrected chi connectivity index (χ4v) is 7.42. The third kappa shape index (κ3) is 4.35. The van der Waals surface area contributed by atoms with Crippen LogP contribution in [0.15, 0.2) is 170 Å². The molecule has 2 heterocycles. The number of nitrogens with zero attached hydrogens (tertiary/aromatic N) is 4. The van der Waals surface area contributed by atoms with E-state index in [4.69, 9.17) is 15.0 Å². The fourth-order valence-electron chi connectivity index (χ4n) is 7.42. The van der Waals surface area contributed by atoms with Crippen LogP contribution in [0.5, 0.6) is 0 Å². The largest absolute Gasteiger partial charge is 0.277 e. The van der Waals surface area contributed by atoms with Crippen LogP contribution >= 0.6 is 0 Å². The molecule has 10 aromatic rings. The smallest absolute Gasteiger partial charge is 0.238 e. The van der Waals surface area contributed by atoms with Gasteiger partial charge in [-0.2, -0.15) is 9.97 Å². The number of benzene rings is 8. The monoisotopic (exact) mass is 624 g/mol. The lowest BCUT2D eigenvalue weighted by molar-refractivity contribution is 0.955. The Labute approximate surface area is 282 Å². The Morgan fingerprint density at radius 3 is 1.73 bits per heavy atom. The summed E-state index contributed by atoms with van der Waals surface area (Å²) in [4.78, 5) is 15.6. The second-order valence-electron chi connectivity index (χ2n) is 12.4. The van der Waals surface area contributed by atoms with Gasteiger partial charge in [-0.1, -0.05) is 158 Å². The van der Waals surface area contributed by atoms with Crippen LogP contribution in [-0.4, -0.2) is 19.5 Å². The Kier molecular flexibility index (Phi) is 6.15. The Balaban J connectivity index is 1.35. The number of aromatic nitrogens is 4. The van der Waals surface area contributed by atoms with Gasteiger partial charge < -0.3 is 0 Å². The van der Waals surface area contributed by atoms with Gasteiger partial charge in [0.25, 0.3) is 0 Å². The standard InChI is InChI=1S/C45H28N4/c1-3-14-29(15-4-1)32-19-13-20-33(28-32)44-46-43(31-17-5-2-6-18-31)47-45(48-44)49-39-25-12-11-24-38(39)41-40-34-21-8-7-16-30(34)26-27-36(40)35-22-9-10-23-37(35)42(41)49/h1-28H. The normalized spacial score (nSPS) is 11.7. The molecular weight excluding hydrogens is 597 g/mol. The highest BCUT2D eigenvalue weighted by atomic mass is 15.2. The lowest BCUT2D eigenvalue weighted by Gasteiger charge is -2.14. The molecule has 0 spiro atoms. The molecule has 0 saturated heterocycles. The molecule has 0 aliphatic carbocycles. The van der Waals surface area contributed by atoms with E-state index in [0.29, 0.717) is 17.6 Å². The van der Waals surface area contributed by atoms with Crippen molar-refractivity contribution >= 4 is 54.1 Å². The van der Waals surface area contributed by atoms with Crippen molar-refractivity contribution in [3.63, 3.8) is 0 Å². The lowest BCUT2D eigenvalue weighted by atomic mass is 9.93. The Bertz CT molecular complexity index is 2870. The van der Waals surface area contributed by atoms with Crippen molar-refractivity contribution in [3.8, 4) is 39.9 Å². The van der Waals surface area contributed by atoms with Crippen LogP contribution in [0.4, 0.5) is 0 Å². The van der Waals surface area contributed by atoms with Crippen LogP contribution in [0.3, 0.4) is 0 Å². The quantitative estimate of drug-likeness (QED) is 0.183. The van der Waals surface area contributed by atoms with Gasteiger partial charge in [-0.05, 0) is 44.8 Å². The highest BCUT2D eigenvalue weighted by molar-refractivity contribution is 6.36. The molecule has 0 amide bonds. The zero-order valence-electron chi connectivity index (χ0n) is 26.5. The molecule has 8 aromatic carbocycles. The molecule has 0 unspecified atom stereocenters. The van der Waals surface area contributed by atoms with Gasteiger partial charge in [-0.15, -0.1) is 0 Å². The van der Waals surface area contributed by atoms with Crippen LogP contribution in [0.25, 0.3) is 94.0 Å². The molecule has 4 heteroatoms. The molecule has 0 fully saturated rings. The first-order chi connectivity index (χ1) is 24.3. The van der Waals surface area contributed by atoms with Crippen molar-refractivity contribution in [2.45, 2.75) is 0 Å². The van der Waals surface area contributed by atoms with E-state index < -0.39 is 0 Å². The average molecular weight is 625 g/mol. The van der Waals surface area contributed by atoms with E-state index in [1.807, 2.05) is 24.3 Å². The summed E-state index contributed by atoms with van der Waals surface area (Å²) in [5.74, 6) is 1.85. The number of hydrogen-bond acceptors (Lipinski definition) is 3. The minimum atomic E-state index is 0.588. The van der Waals surface area contributed by atoms with E-state index in [9.17, 15) is 0 Å². The summed E-state index contributed by atoms with van der Waals surface area (Å²) in [7, 11) is 0. The zero-order chi connectivity index (χ0) is 32.3. The topological polar surface area (TPSA) is 43.6 Å². The second-order valence-corrected chi connectivity index (χ2v) is 12.4. The summed E-state index contributed by atoms with van der Waals surface area (Å²) >= 11 is 0. The SMILES string of the molecule is c1ccc(-c2cccc(-c3nc(-c4ccccc4)nc(-n4c5ccccc5c5c6c7ccccc7ccc6c6ccccc6c54)n3)c2)cc1. The maximum atomic E-state index is 5.30. The molecule has 0 aliphatic heterocycles. The van der Waals surface area contributed by atoms with Crippen molar-refractivity contribution in [1.29, 1.82) is 0 Å². The average Bonchev–Trinajstić information content (AvgIpc) is 3.54. The van der Waals surface area contributed by atoms with E-state index in [-0.39, 0.29) is 0 Å². The summed E-state index contributed by atoms with van der Waals surface area (Å²) in [5, 5.41) is 9.67. The van der Waals surface area contributed by atoms with E-state index in [2.05, 4.69) is 150 Å². The third-order valence-corrected chi connectivity index (χ3v) is 9.61. The number of rotatable bonds is 4. The van der Waals surface area contributed by atoms with Crippen LogP contribution in [-0.2, 0) is 0 Å². The molecule has 0 atom stereocenters. The minimum absolute atomic E-state index is 0.588. The molecule has 0 radical (unpaired) electrons. The number of hydrogen-bond donors (Lipinski definition) is 0. The van der Waals surface area contributed by atoms with Gasteiger partial charge in [0.1, 0.15) is 0 Å². The van der Waals surface area contributed by atoms with Crippen LogP contribution in [0, 0.1) is 0 Å². The summed E-state index contributed by atoms with van der Waals surface area (Å²) in [6.45, 7) is 0. The van der Waals surface area contributed by atoms with Crippen molar-refractivity contribution in [3.05, 3.63) is 170 Å². The summed E-state index contributed by atoms with van der Waals surface area (Å²) < 4.78 is 2.26. The first-order valence-corrected chi connectivity index (χ1v) is 16.5. The maximum absolute atomic E-state index is 5.30. The molecular formula is C45H28N4. The predicted molar refractivity (Wildman–Crippen MR) is 203 cm³/mol. The Morgan fingerprint density at radius 2 is 0.939 bits per heavy atom. The van der Waals surface area contributed by atoms with Gasteiger partial charge in [0.2, 0.25) is 5.95 Å². The van der Waals surface area contributed by atoms with Gasteiger partial charge in [-0.3, -0.25) is 4.57 Å². The lowest BCUT2D eigenvalue weighted by Crippen LogP contribution is -2.06. The van der Waals surface area contributed by atoms with Gasteiger partial charge >= 0.3 is 0 Å². The zero-order valence-corrected chi connectivity index (χ0v) is 26.5. The molecule has 0 saturated carbocycles. The molecule has 228 valence electrons. The fraction of sp³-hybridized carbons (Fsp3) is 0. The van der Waals surface area contributed by atoms with Gasteiger partial charge in [0, 0.05) is 32.7 Å². The highest BCUT2D eigenvalue weighted by Gasteiger charge is 2.22. The van der Waals surface area contributed by atoms with Crippen LogP contribution in [0.2, 0.25) is 0 Å². The van der Waals surface area contributed by atoms with E-state index in [0.717, 1.165) is 38.7 Å². The summed E-state index contributed by atoms with van der Waals surface area (Å²) in [6, 6.07) is 59.6. The Morgan fingerprint density at radius 1 is 0.347 bits per heavy atom. The highest BCUT2D eigenvalue weighted by Crippen LogP contribution is 2.44. The van der Waals surface area contributed by atoms with E-state index in [1.165, 1.54) is 37.7 Å². The molecule has 10 rings (SSSR count). The van der Waals surface area contributed by atoms with Crippen molar-refractivity contribution in [1.82, 2.24) is 19.5 Å². The Hall–Kier alpha value is -6.65. The van der Waals surface area contributed by atoms with Gasteiger partial charge in [0.15, 0.2) is 11.6 Å². The van der Waals surface area contributed by atoms with Gasteiger partial charge in [-0.25, -0.2) is 4.98 Å². The molecule has 2 aromatic heterocycles. The van der Waals surface area contributed by atoms with Gasteiger partial charge in [0.05, 0.1) is 11.0 Å². The second kappa shape index (κ2) is 11.0. The van der Waals surface area contributed by atoms with Crippen molar-refractivity contribution in [2.24, 2.45) is 0 Å². The van der Waals surface area contributed by atoms with Crippen LogP contribution in [0.1, 0.15) is 0 Å². The predicted octanol–water partition coefficient (Wildman–Crippen LogP) is 11.4. The number of para-hydroxylation sites is 1. The molecule has 0 bridgehead atoms. The summed E-state index contributed by atoms with van der Waals surface area (Å²) in [5.41, 5.74) is 6.28. The molecule has 0 aliphatic rings. The van der Waals surface area contributed by atoms with Crippen molar-refractivity contribution < 1.29 is 0 Å².